The van der Waals surface area contributed by atoms with Gasteiger partial charge in [0.15, 0.2) is 4.75 Å². The highest BCUT2D eigenvalue weighted by atomic mass is 35.5. The Morgan fingerprint density at radius 2 is 1.85 bits per heavy atom. The van der Waals surface area contributed by atoms with Gasteiger partial charge in [0.1, 0.15) is 5.82 Å². The van der Waals surface area contributed by atoms with Crippen LogP contribution < -0.4 is 5.48 Å². The third kappa shape index (κ3) is 4.90. The summed E-state index contributed by atoms with van der Waals surface area (Å²) in [5, 5.41) is 9.17. The van der Waals surface area contributed by atoms with Crippen molar-refractivity contribution in [1.29, 1.82) is 0 Å². The number of aromatic nitrogens is 1. The average Bonchev–Trinajstić information content (AvgIpc) is 2.84. The van der Waals surface area contributed by atoms with E-state index >= 15 is 0 Å². The van der Waals surface area contributed by atoms with Gasteiger partial charge >= 0.3 is 0 Å². The molecule has 0 atom stereocenters. The van der Waals surface area contributed by atoms with E-state index in [1.54, 1.807) is 17.7 Å². The van der Waals surface area contributed by atoms with Crippen molar-refractivity contribution in [3.05, 3.63) is 54.1 Å². The number of amides is 1. The monoisotopic (exact) mass is 499 g/mol. The van der Waals surface area contributed by atoms with Crippen LogP contribution in [0, 0.1) is 5.82 Å². The molecule has 3 heterocycles. The summed E-state index contributed by atoms with van der Waals surface area (Å²) in [6, 6.07) is 10.1. The minimum absolute atomic E-state index is 0. The molecule has 2 saturated heterocycles. The Kier molecular flexibility index (Phi) is 8.07. The molecule has 0 unspecified atom stereocenters. The first-order chi connectivity index (χ1) is 15.4. The highest BCUT2D eigenvalue weighted by Crippen LogP contribution is 2.36. The van der Waals surface area contributed by atoms with Crippen molar-refractivity contribution in [1.82, 2.24) is 14.8 Å². The molecule has 0 radical (unpaired) electrons. The SMILES string of the molecule is Cl.O=C(NO)C1(S(=O)(=O)N2CCC(c3ccc(-c4cccc(F)c4)cn3)CC2)CCOCC1. The summed E-state index contributed by atoms with van der Waals surface area (Å²) < 4.78 is 45.1. The third-order valence-corrected chi connectivity index (χ3v) is 9.09. The van der Waals surface area contributed by atoms with Crippen LogP contribution in [0.25, 0.3) is 11.1 Å². The predicted molar refractivity (Wildman–Crippen MR) is 122 cm³/mol. The fraction of sp³-hybridized carbons (Fsp3) is 0.455. The summed E-state index contributed by atoms with van der Waals surface area (Å²) in [6.45, 7) is 0.818. The molecule has 1 amide bonds. The Balaban J connectivity index is 0.00000306. The van der Waals surface area contributed by atoms with Crippen molar-refractivity contribution in [3.63, 3.8) is 0 Å². The van der Waals surface area contributed by atoms with Crippen LogP contribution in [0.2, 0.25) is 0 Å². The van der Waals surface area contributed by atoms with Gasteiger partial charge in [-0.15, -0.1) is 12.4 Å². The zero-order chi connectivity index (χ0) is 22.8. The average molecular weight is 500 g/mol. The van der Waals surface area contributed by atoms with E-state index in [1.807, 2.05) is 18.2 Å². The third-order valence-electron chi connectivity index (χ3n) is 6.47. The topological polar surface area (TPSA) is 109 Å². The number of sulfonamides is 1. The maximum absolute atomic E-state index is 13.5. The maximum atomic E-state index is 13.5. The van der Waals surface area contributed by atoms with E-state index in [1.165, 1.54) is 16.4 Å². The molecule has 1 aromatic heterocycles. The van der Waals surface area contributed by atoms with E-state index in [2.05, 4.69) is 4.98 Å². The summed E-state index contributed by atoms with van der Waals surface area (Å²) >= 11 is 0. The van der Waals surface area contributed by atoms with E-state index < -0.39 is 20.7 Å². The second-order valence-corrected chi connectivity index (χ2v) is 10.5. The molecule has 2 aliphatic heterocycles. The second-order valence-electron chi connectivity index (χ2n) is 8.21. The van der Waals surface area contributed by atoms with E-state index in [9.17, 15) is 22.8 Å². The number of nitrogens with one attached hydrogen (secondary N) is 1. The Labute approximate surface area is 198 Å². The molecule has 4 rings (SSSR count). The van der Waals surface area contributed by atoms with E-state index in [0.717, 1.165) is 16.8 Å². The number of ether oxygens (including phenoxy) is 1. The lowest BCUT2D eigenvalue weighted by Gasteiger charge is -2.40. The van der Waals surface area contributed by atoms with Crippen molar-refractivity contribution < 1.29 is 27.5 Å². The molecule has 8 nitrogen and oxygen atoms in total. The fourth-order valence-corrected chi connectivity index (χ4v) is 6.68. The van der Waals surface area contributed by atoms with Crippen molar-refractivity contribution in [3.8, 4) is 11.1 Å². The largest absolute Gasteiger partial charge is 0.381 e. The molecular weight excluding hydrogens is 473 g/mol. The van der Waals surface area contributed by atoms with Crippen LogP contribution in [0.1, 0.15) is 37.3 Å². The van der Waals surface area contributed by atoms with Gasteiger partial charge in [0.2, 0.25) is 10.0 Å². The Morgan fingerprint density at radius 1 is 1.15 bits per heavy atom. The van der Waals surface area contributed by atoms with Crippen LogP contribution >= 0.6 is 12.4 Å². The van der Waals surface area contributed by atoms with Gasteiger partial charge in [-0.3, -0.25) is 15.0 Å². The van der Waals surface area contributed by atoms with Crippen molar-refractivity contribution in [2.75, 3.05) is 26.3 Å². The molecular formula is C22H27ClFN3O5S. The number of hydrogen-bond donors (Lipinski definition) is 2. The predicted octanol–water partition coefficient (Wildman–Crippen LogP) is 2.87. The smallest absolute Gasteiger partial charge is 0.266 e. The number of halogens is 2. The van der Waals surface area contributed by atoms with Crippen LogP contribution in [-0.2, 0) is 19.6 Å². The van der Waals surface area contributed by atoms with Gasteiger partial charge in [-0.05, 0) is 36.6 Å². The standard InChI is InChI=1S/C22H26FN3O5S.ClH/c23-19-3-1-2-17(14-19)18-4-5-20(24-15-18)16-6-10-26(11-7-16)32(29,30)22(21(27)25-28)8-12-31-13-9-22;/h1-5,14-16,28H,6-13H2,(H,25,27);1H. The molecule has 0 saturated carbocycles. The van der Waals surface area contributed by atoms with Gasteiger partial charge < -0.3 is 4.74 Å². The molecule has 2 N–H and O–H groups in total. The molecule has 0 bridgehead atoms. The lowest BCUT2D eigenvalue weighted by Crippen LogP contribution is -2.60. The van der Waals surface area contributed by atoms with Crippen molar-refractivity contribution >= 4 is 28.3 Å². The molecule has 2 aliphatic rings. The summed E-state index contributed by atoms with van der Waals surface area (Å²) in [4.78, 5) is 16.9. The number of pyridine rings is 1. The number of piperidine rings is 1. The van der Waals surface area contributed by atoms with Crippen LogP contribution in [-0.4, -0.2) is 59.9 Å². The molecule has 0 spiro atoms. The summed E-state index contributed by atoms with van der Waals surface area (Å²) in [7, 11) is -3.99. The number of rotatable bonds is 5. The lowest BCUT2D eigenvalue weighted by molar-refractivity contribution is -0.134. The molecule has 0 aliphatic carbocycles. The number of carbonyl (C=O) groups excluding carboxylic acids is 1. The number of hydrogen-bond acceptors (Lipinski definition) is 6. The zero-order valence-electron chi connectivity index (χ0n) is 17.9. The Bertz CT molecular complexity index is 1070. The van der Waals surface area contributed by atoms with Gasteiger partial charge in [0, 0.05) is 62.5 Å². The van der Waals surface area contributed by atoms with Gasteiger partial charge in [-0.1, -0.05) is 18.2 Å². The Hall–Kier alpha value is -2.11. The van der Waals surface area contributed by atoms with E-state index in [0.29, 0.717) is 12.8 Å². The lowest BCUT2D eigenvalue weighted by atomic mass is 9.93. The summed E-state index contributed by atoms with van der Waals surface area (Å²) in [5.74, 6) is -1.13. The number of nitrogens with zero attached hydrogens (tertiary/aromatic N) is 2. The van der Waals surface area contributed by atoms with Gasteiger partial charge in [-0.25, -0.2) is 22.6 Å². The maximum Gasteiger partial charge on any atom is 0.266 e. The summed E-state index contributed by atoms with van der Waals surface area (Å²) in [5.41, 5.74) is 3.96. The molecule has 11 heteroatoms. The van der Waals surface area contributed by atoms with Gasteiger partial charge in [-0.2, -0.15) is 0 Å². The molecule has 180 valence electrons. The van der Waals surface area contributed by atoms with Gasteiger partial charge in [0.25, 0.3) is 5.91 Å². The Morgan fingerprint density at radius 3 is 2.42 bits per heavy atom. The summed E-state index contributed by atoms with van der Waals surface area (Å²) in [6.07, 6.45) is 2.85. The normalized spacial score (nSPS) is 19.5. The fourth-order valence-electron chi connectivity index (χ4n) is 4.53. The highest BCUT2D eigenvalue weighted by molar-refractivity contribution is 7.91. The highest BCUT2D eigenvalue weighted by Gasteiger charge is 2.54. The van der Waals surface area contributed by atoms with E-state index in [-0.39, 0.29) is 63.3 Å². The van der Waals surface area contributed by atoms with Crippen molar-refractivity contribution in [2.24, 2.45) is 0 Å². The molecule has 2 aromatic rings. The zero-order valence-corrected chi connectivity index (χ0v) is 19.6. The quantitative estimate of drug-likeness (QED) is 0.483. The number of benzene rings is 1. The number of carbonyl (C=O) groups is 1. The van der Waals surface area contributed by atoms with Crippen LogP contribution in [0.15, 0.2) is 42.6 Å². The first-order valence-corrected chi connectivity index (χ1v) is 12.1. The van der Waals surface area contributed by atoms with Crippen molar-refractivity contribution in [2.45, 2.75) is 36.3 Å². The first-order valence-electron chi connectivity index (χ1n) is 10.6. The minimum atomic E-state index is -3.99. The van der Waals surface area contributed by atoms with Gasteiger partial charge in [0.05, 0.1) is 0 Å². The molecule has 2 fully saturated rings. The van der Waals surface area contributed by atoms with Crippen LogP contribution in [0.3, 0.4) is 0 Å². The minimum Gasteiger partial charge on any atom is -0.381 e. The number of hydroxylamine groups is 1. The van der Waals surface area contributed by atoms with E-state index in [4.69, 9.17) is 4.74 Å². The second kappa shape index (κ2) is 10.4. The first kappa shape index (κ1) is 25.5. The molecule has 33 heavy (non-hydrogen) atoms. The van der Waals surface area contributed by atoms with Crippen LogP contribution in [0.4, 0.5) is 4.39 Å². The van der Waals surface area contributed by atoms with Crippen LogP contribution in [0.5, 0.6) is 0 Å². The molecule has 1 aromatic carbocycles.